The lowest BCUT2D eigenvalue weighted by Crippen LogP contribution is -2.21. The number of aliphatic hydroxyl groups is 1. The number of ketones is 1. The monoisotopic (exact) mass is 290 g/mol. The maximum absolute atomic E-state index is 12.2. The van der Waals surface area contributed by atoms with Gasteiger partial charge in [0.25, 0.3) is 0 Å². The molecule has 2 atom stereocenters. The molecule has 0 radical (unpaired) electrons. The molecule has 4 N–H and O–H groups in total. The van der Waals surface area contributed by atoms with Gasteiger partial charge >= 0.3 is 0 Å². The van der Waals surface area contributed by atoms with Gasteiger partial charge in [-0.1, -0.05) is 12.8 Å². The molecule has 1 heterocycles. The molecule has 0 aliphatic heterocycles. The van der Waals surface area contributed by atoms with Crippen LogP contribution in [0.2, 0.25) is 0 Å². The van der Waals surface area contributed by atoms with Gasteiger partial charge in [0.15, 0.2) is 23.0 Å². The van der Waals surface area contributed by atoms with E-state index >= 15 is 0 Å². The molecule has 1 fully saturated rings. The number of azo groups is 1. The van der Waals surface area contributed by atoms with Crippen LogP contribution < -0.4 is 5.73 Å². The highest BCUT2D eigenvalue weighted by molar-refractivity contribution is 6.01. The first-order chi connectivity index (χ1) is 10.1. The highest BCUT2D eigenvalue weighted by Crippen LogP contribution is 2.42. The Bertz CT molecular complexity index is 662. The lowest BCUT2D eigenvalue weighted by molar-refractivity contribution is -0.120. The van der Waals surface area contributed by atoms with E-state index in [0.29, 0.717) is 0 Å². The molecule has 2 aliphatic carbocycles. The van der Waals surface area contributed by atoms with Crippen LogP contribution in [0.3, 0.4) is 0 Å². The van der Waals surface area contributed by atoms with E-state index < -0.39 is 0 Å². The highest BCUT2D eigenvalue weighted by atomic mass is 16.6. The summed E-state index contributed by atoms with van der Waals surface area (Å²) in [6.45, 7) is 0. The number of nitrogens with one attached hydrogen (secondary N) is 1. The average Bonchev–Trinajstić information content (AvgIpc) is 3.01. The normalized spacial score (nSPS) is 25.6. The van der Waals surface area contributed by atoms with Crippen molar-refractivity contribution in [3.05, 3.63) is 17.2 Å². The molecule has 21 heavy (non-hydrogen) atoms. The number of amidine groups is 1. The molecule has 0 aromatic carbocycles. The summed E-state index contributed by atoms with van der Waals surface area (Å²) in [6, 6.07) is 0. The van der Waals surface area contributed by atoms with Gasteiger partial charge in [0.2, 0.25) is 5.84 Å². The molecule has 2 aliphatic rings. The molecule has 2 unspecified atom stereocenters. The number of nitrogens with two attached hydrogens (primary N) is 1. The van der Waals surface area contributed by atoms with Gasteiger partial charge in [-0.05, 0) is 23.2 Å². The van der Waals surface area contributed by atoms with Gasteiger partial charge in [0, 0.05) is 11.8 Å². The summed E-state index contributed by atoms with van der Waals surface area (Å²) in [4.78, 5) is 12.2. The summed E-state index contributed by atoms with van der Waals surface area (Å²) in [6.07, 6.45) is 3.49. The number of fused-ring (bicyclic) bond motifs is 1. The van der Waals surface area contributed by atoms with Gasteiger partial charge in [-0.3, -0.25) is 10.2 Å². The van der Waals surface area contributed by atoms with E-state index in [9.17, 15) is 9.90 Å². The van der Waals surface area contributed by atoms with Crippen LogP contribution in [0.1, 0.15) is 31.4 Å². The molecule has 1 aromatic rings. The van der Waals surface area contributed by atoms with E-state index in [4.69, 9.17) is 11.1 Å². The molecular formula is C12H14N6O3. The van der Waals surface area contributed by atoms with Crippen molar-refractivity contribution in [2.24, 2.45) is 22.1 Å². The minimum absolute atomic E-state index is 0.0208. The molecule has 0 bridgehead atoms. The van der Waals surface area contributed by atoms with E-state index in [1.807, 2.05) is 0 Å². The number of hydrogen-bond acceptors (Lipinski definition) is 8. The second-order valence-corrected chi connectivity index (χ2v) is 5.14. The Morgan fingerprint density at radius 3 is 2.67 bits per heavy atom. The van der Waals surface area contributed by atoms with Crippen LogP contribution in [0.4, 0.5) is 5.82 Å². The van der Waals surface area contributed by atoms with Crippen molar-refractivity contribution in [2.75, 3.05) is 5.73 Å². The number of aliphatic hydroxyl groups excluding tert-OH is 1. The Hall–Kier alpha value is -2.58. The van der Waals surface area contributed by atoms with Crippen LogP contribution in [0, 0.1) is 17.2 Å². The fraction of sp³-hybridized carbons (Fsp3) is 0.500. The minimum atomic E-state index is -0.378. The van der Waals surface area contributed by atoms with E-state index in [0.717, 1.165) is 25.7 Å². The number of aromatic nitrogens is 2. The van der Waals surface area contributed by atoms with Crippen molar-refractivity contribution in [3.63, 3.8) is 0 Å². The van der Waals surface area contributed by atoms with Crippen molar-refractivity contribution in [1.82, 2.24) is 10.3 Å². The number of anilines is 1. The largest absolute Gasteiger partial charge is 0.510 e. The van der Waals surface area contributed by atoms with Crippen LogP contribution in [0.5, 0.6) is 0 Å². The minimum Gasteiger partial charge on any atom is -0.510 e. The third kappa shape index (κ3) is 2.20. The van der Waals surface area contributed by atoms with Crippen LogP contribution in [-0.4, -0.2) is 27.0 Å². The van der Waals surface area contributed by atoms with Gasteiger partial charge < -0.3 is 10.8 Å². The SMILES string of the molecule is N=C(N=NC1=C(O)C2CCCCC2C1=O)c1nonc1N. The third-order valence-electron chi connectivity index (χ3n) is 3.92. The topological polar surface area (TPSA) is 151 Å². The van der Waals surface area contributed by atoms with E-state index in [1.165, 1.54) is 0 Å². The standard InChI is InChI=1S/C12H14N6O3/c13-11(8-12(14)18-21-17-8)16-15-7-9(19)5-3-1-2-4-6(5)10(7)20/h5-6,13,19H,1-4H2,(H2,14,18). The second kappa shape index (κ2) is 5.08. The fourth-order valence-electron chi connectivity index (χ4n) is 2.86. The molecule has 0 saturated heterocycles. The van der Waals surface area contributed by atoms with E-state index in [2.05, 4.69) is 25.2 Å². The van der Waals surface area contributed by atoms with Gasteiger partial charge in [-0.15, -0.1) is 10.2 Å². The lowest BCUT2D eigenvalue weighted by Gasteiger charge is -2.23. The summed E-state index contributed by atoms with van der Waals surface area (Å²) < 4.78 is 4.36. The fourth-order valence-corrected chi connectivity index (χ4v) is 2.86. The summed E-state index contributed by atoms with van der Waals surface area (Å²) in [5, 5.41) is 31.8. The summed E-state index contributed by atoms with van der Waals surface area (Å²) in [5.74, 6) is -1.05. The van der Waals surface area contributed by atoms with E-state index in [1.54, 1.807) is 0 Å². The van der Waals surface area contributed by atoms with Crippen molar-refractivity contribution in [3.8, 4) is 0 Å². The Kier molecular flexibility index (Phi) is 3.24. The zero-order valence-electron chi connectivity index (χ0n) is 11.1. The zero-order chi connectivity index (χ0) is 15.0. The van der Waals surface area contributed by atoms with Crippen molar-refractivity contribution in [2.45, 2.75) is 25.7 Å². The number of rotatable bonds is 2. The predicted octanol–water partition coefficient (Wildman–Crippen LogP) is 1.59. The van der Waals surface area contributed by atoms with Crippen LogP contribution in [-0.2, 0) is 4.79 Å². The molecule has 110 valence electrons. The molecule has 0 amide bonds. The number of carbonyl (C=O) groups excluding carboxylic acids is 1. The van der Waals surface area contributed by atoms with Gasteiger partial charge in [-0.25, -0.2) is 4.63 Å². The maximum Gasteiger partial charge on any atom is 0.200 e. The predicted molar refractivity (Wildman–Crippen MR) is 70.5 cm³/mol. The maximum atomic E-state index is 12.2. The number of nitrogen functional groups attached to an aromatic ring is 1. The van der Waals surface area contributed by atoms with E-state index in [-0.39, 0.29) is 46.4 Å². The van der Waals surface area contributed by atoms with Gasteiger partial charge in [-0.2, -0.15) is 0 Å². The van der Waals surface area contributed by atoms with Crippen LogP contribution >= 0.6 is 0 Å². The van der Waals surface area contributed by atoms with Crippen LogP contribution in [0.25, 0.3) is 0 Å². The first kappa shape index (κ1) is 13.4. The molecule has 9 heteroatoms. The molecule has 9 nitrogen and oxygen atoms in total. The summed E-state index contributed by atoms with van der Waals surface area (Å²) in [5.41, 5.74) is 5.32. The Morgan fingerprint density at radius 1 is 1.33 bits per heavy atom. The first-order valence-electron chi connectivity index (χ1n) is 6.65. The lowest BCUT2D eigenvalue weighted by atomic mass is 9.80. The third-order valence-corrected chi connectivity index (χ3v) is 3.92. The number of Topliss-reactive ketones (excluding diaryl/α,β-unsaturated/α-hetero) is 1. The van der Waals surface area contributed by atoms with Crippen molar-refractivity contribution in [1.29, 1.82) is 5.41 Å². The molecule has 0 spiro atoms. The average molecular weight is 290 g/mol. The Balaban J connectivity index is 1.82. The Morgan fingerprint density at radius 2 is 2.05 bits per heavy atom. The zero-order valence-corrected chi connectivity index (χ0v) is 11.1. The summed E-state index contributed by atoms with van der Waals surface area (Å²) in [7, 11) is 0. The Labute approximate surface area is 119 Å². The molecule has 1 aromatic heterocycles. The highest BCUT2D eigenvalue weighted by Gasteiger charge is 2.43. The van der Waals surface area contributed by atoms with Crippen molar-refractivity contribution < 1.29 is 14.5 Å². The molecule has 3 rings (SSSR count). The number of nitrogens with zero attached hydrogens (tertiary/aromatic N) is 4. The smallest absolute Gasteiger partial charge is 0.200 e. The van der Waals surface area contributed by atoms with Crippen LogP contribution in [0.15, 0.2) is 26.3 Å². The first-order valence-corrected chi connectivity index (χ1v) is 6.65. The molecular weight excluding hydrogens is 276 g/mol. The number of allylic oxidation sites excluding steroid dienone is 2. The number of hydrogen-bond donors (Lipinski definition) is 3. The summed E-state index contributed by atoms with van der Waals surface area (Å²) >= 11 is 0. The van der Waals surface area contributed by atoms with Gasteiger partial charge in [0.1, 0.15) is 5.76 Å². The van der Waals surface area contributed by atoms with Crippen molar-refractivity contribution >= 4 is 17.4 Å². The quantitative estimate of drug-likeness (QED) is 0.427. The number of carbonyl (C=O) groups is 1. The molecule has 1 saturated carbocycles. The second-order valence-electron chi connectivity index (χ2n) is 5.14. The van der Waals surface area contributed by atoms with Gasteiger partial charge in [0.05, 0.1) is 0 Å².